The Bertz CT molecular complexity index is 710. The molecule has 0 aromatic heterocycles. The number of hydrogen-bond acceptors (Lipinski definition) is 4. The number of sulfone groups is 1. The second kappa shape index (κ2) is 6.29. The van der Waals surface area contributed by atoms with Gasteiger partial charge in [0.15, 0.2) is 9.84 Å². The molecule has 0 atom stereocenters. The van der Waals surface area contributed by atoms with Gasteiger partial charge in [0.2, 0.25) is 5.91 Å². The molecule has 0 bridgehead atoms. The van der Waals surface area contributed by atoms with Crippen LogP contribution in [0.2, 0.25) is 0 Å². The molecule has 0 aliphatic rings. The van der Waals surface area contributed by atoms with Gasteiger partial charge in [-0.05, 0) is 38.5 Å². The first-order valence-electron chi connectivity index (χ1n) is 6.40. The third-order valence-electron chi connectivity index (χ3n) is 3.22. The van der Waals surface area contributed by atoms with Crippen LogP contribution in [-0.4, -0.2) is 31.9 Å². The molecule has 0 saturated heterocycles. The minimum absolute atomic E-state index is 0.204. The highest BCUT2D eigenvalue weighted by molar-refractivity contribution is 7.92. The van der Waals surface area contributed by atoms with Gasteiger partial charge in [0, 0.05) is 11.8 Å². The van der Waals surface area contributed by atoms with Crippen molar-refractivity contribution >= 4 is 21.4 Å². The summed E-state index contributed by atoms with van der Waals surface area (Å²) in [5.41, 5.74) is 7.36. The molecule has 6 heteroatoms. The van der Waals surface area contributed by atoms with E-state index in [-0.39, 0.29) is 6.54 Å². The van der Waals surface area contributed by atoms with Crippen LogP contribution in [0.5, 0.6) is 0 Å². The Hall–Kier alpha value is -1.84. The fraction of sp³-hybridized carbons (Fsp3) is 0.400. The lowest BCUT2D eigenvalue weighted by Gasteiger charge is -2.22. The standard InChI is InChI=1S/C15H20N2O3S/c1-11-7-8-12(6-5-9-16)13(10-11)17-14(18)15(2,3)21(4,19)20/h7-8,10H,9,16H2,1-4H3,(H,17,18). The van der Waals surface area contributed by atoms with Gasteiger partial charge in [0.1, 0.15) is 4.75 Å². The summed E-state index contributed by atoms with van der Waals surface area (Å²) in [6, 6.07) is 5.37. The van der Waals surface area contributed by atoms with E-state index in [2.05, 4.69) is 17.2 Å². The zero-order valence-electron chi connectivity index (χ0n) is 12.6. The zero-order chi connectivity index (χ0) is 16.3. The number of benzene rings is 1. The lowest BCUT2D eigenvalue weighted by atomic mass is 10.1. The van der Waals surface area contributed by atoms with Crippen LogP contribution in [0, 0.1) is 18.8 Å². The van der Waals surface area contributed by atoms with Gasteiger partial charge < -0.3 is 11.1 Å². The summed E-state index contributed by atoms with van der Waals surface area (Å²) in [6.45, 7) is 4.82. The van der Waals surface area contributed by atoms with E-state index in [0.29, 0.717) is 11.3 Å². The van der Waals surface area contributed by atoms with E-state index in [9.17, 15) is 13.2 Å². The highest BCUT2D eigenvalue weighted by Crippen LogP contribution is 2.21. The maximum Gasteiger partial charge on any atom is 0.245 e. The topological polar surface area (TPSA) is 89.3 Å². The van der Waals surface area contributed by atoms with Crippen molar-refractivity contribution in [3.63, 3.8) is 0 Å². The summed E-state index contributed by atoms with van der Waals surface area (Å²) < 4.78 is 21.9. The van der Waals surface area contributed by atoms with Gasteiger partial charge in [0.25, 0.3) is 0 Å². The minimum atomic E-state index is -3.53. The number of nitrogens with one attached hydrogen (secondary N) is 1. The van der Waals surface area contributed by atoms with Gasteiger partial charge in [-0.1, -0.05) is 17.9 Å². The average molecular weight is 308 g/mol. The fourth-order valence-corrected chi connectivity index (χ4v) is 1.85. The predicted molar refractivity (Wildman–Crippen MR) is 84.7 cm³/mol. The van der Waals surface area contributed by atoms with E-state index in [4.69, 9.17) is 5.73 Å². The number of rotatable bonds is 3. The molecule has 0 unspecified atom stereocenters. The van der Waals surface area contributed by atoms with Gasteiger partial charge >= 0.3 is 0 Å². The smallest absolute Gasteiger partial charge is 0.245 e. The Morgan fingerprint density at radius 2 is 2.00 bits per heavy atom. The van der Waals surface area contributed by atoms with Crippen molar-refractivity contribution in [3.8, 4) is 11.8 Å². The Labute approximate surface area is 125 Å². The number of carbonyl (C=O) groups excluding carboxylic acids is 1. The first-order chi connectivity index (χ1) is 9.59. The van der Waals surface area contributed by atoms with Crippen molar-refractivity contribution < 1.29 is 13.2 Å². The molecule has 21 heavy (non-hydrogen) atoms. The van der Waals surface area contributed by atoms with Crippen molar-refractivity contribution in [3.05, 3.63) is 29.3 Å². The van der Waals surface area contributed by atoms with Crippen molar-refractivity contribution in [1.82, 2.24) is 0 Å². The molecule has 0 radical (unpaired) electrons. The van der Waals surface area contributed by atoms with E-state index in [1.165, 1.54) is 13.8 Å². The van der Waals surface area contributed by atoms with Crippen LogP contribution in [-0.2, 0) is 14.6 Å². The summed E-state index contributed by atoms with van der Waals surface area (Å²) in [5, 5.41) is 2.65. The summed E-state index contributed by atoms with van der Waals surface area (Å²) in [5.74, 6) is 4.98. The Kier molecular flexibility index (Phi) is 5.15. The molecule has 0 aliphatic carbocycles. The molecule has 0 fully saturated rings. The molecule has 1 amide bonds. The molecule has 0 spiro atoms. The van der Waals surface area contributed by atoms with E-state index >= 15 is 0 Å². The molecular weight excluding hydrogens is 288 g/mol. The predicted octanol–water partition coefficient (Wildman–Crippen LogP) is 1.07. The molecule has 5 nitrogen and oxygen atoms in total. The van der Waals surface area contributed by atoms with E-state index in [1.807, 2.05) is 13.0 Å². The van der Waals surface area contributed by atoms with Crippen molar-refractivity contribution in [2.75, 3.05) is 18.1 Å². The molecule has 1 aromatic rings. The maximum atomic E-state index is 12.3. The van der Waals surface area contributed by atoms with E-state index < -0.39 is 20.5 Å². The number of nitrogens with two attached hydrogens (primary N) is 1. The quantitative estimate of drug-likeness (QED) is 0.817. The van der Waals surface area contributed by atoms with Crippen LogP contribution in [0.15, 0.2) is 18.2 Å². The van der Waals surface area contributed by atoms with Crippen LogP contribution in [0.25, 0.3) is 0 Å². The monoisotopic (exact) mass is 308 g/mol. The molecule has 0 heterocycles. The van der Waals surface area contributed by atoms with Gasteiger partial charge in [-0.2, -0.15) is 0 Å². The molecule has 0 saturated carbocycles. The van der Waals surface area contributed by atoms with Gasteiger partial charge in [-0.15, -0.1) is 0 Å². The van der Waals surface area contributed by atoms with Gasteiger partial charge in [-0.3, -0.25) is 4.79 Å². The summed E-state index contributed by atoms with van der Waals surface area (Å²) in [4.78, 5) is 12.3. The number of hydrogen-bond donors (Lipinski definition) is 2. The minimum Gasteiger partial charge on any atom is -0.324 e. The van der Waals surface area contributed by atoms with E-state index in [0.717, 1.165) is 11.8 Å². The van der Waals surface area contributed by atoms with Gasteiger partial charge in [-0.25, -0.2) is 8.42 Å². The SMILES string of the molecule is Cc1ccc(C#CCN)c(NC(=O)C(C)(C)S(C)(=O)=O)c1. The number of carbonyl (C=O) groups is 1. The maximum absolute atomic E-state index is 12.3. The lowest BCUT2D eigenvalue weighted by Crippen LogP contribution is -2.44. The first-order valence-corrected chi connectivity index (χ1v) is 8.29. The van der Waals surface area contributed by atoms with Crippen LogP contribution in [0.3, 0.4) is 0 Å². The van der Waals surface area contributed by atoms with Crippen LogP contribution in [0.1, 0.15) is 25.0 Å². The van der Waals surface area contributed by atoms with Crippen molar-refractivity contribution in [2.45, 2.75) is 25.5 Å². The Morgan fingerprint density at radius 3 is 2.52 bits per heavy atom. The zero-order valence-corrected chi connectivity index (χ0v) is 13.5. The average Bonchev–Trinajstić information content (AvgIpc) is 2.36. The fourth-order valence-electron chi connectivity index (χ4n) is 1.46. The summed E-state index contributed by atoms with van der Waals surface area (Å²) in [6.07, 6.45) is 1.04. The first kappa shape index (κ1) is 17.2. The normalized spacial score (nSPS) is 11.5. The molecule has 1 aromatic carbocycles. The molecule has 0 aliphatic heterocycles. The number of aryl methyl sites for hydroxylation is 1. The summed E-state index contributed by atoms with van der Waals surface area (Å²) in [7, 11) is -3.53. The Balaban J connectivity index is 3.19. The van der Waals surface area contributed by atoms with Crippen LogP contribution < -0.4 is 11.1 Å². The third-order valence-corrected chi connectivity index (χ3v) is 5.26. The number of anilines is 1. The summed E-state index contributed by atoms with van der Waals surface area (Å²) >= 11 is 0. The van der Waals surface area contributed by atoms with Crippen LogP contribution >= 0.6 is 0 Å². The molecule has 1 rings (SSSR count). The Morgan fingerprint density at radius 1 is 1.38 bits per heavy atom. The largest absolute Gasteiger partial charge is 0.324 e. The van der Waals surface area contributed by atoms with Crippen LogP contribution in [0.4, 0.5) is 5.69 Å². The number of amides is 1. The molecule has 3 N–H and O–H groups in total. The third kappa shape index (κ3) is 4.06. The highest BCUT2D eigenvalue weighted by atomic mass is 32.2. The molecular formula is C15H20N2O3S. The van der Waals surface area contributed by atoms with Crippen molar-refractivity contribution in [2.24, 2.45) is 5.73 Å². The van der Waals surface area contributed by atoms with Gasteiger partial charge in [0.05, 0.1) is 12.2 Å². The van der Waals surface area contributed by atoms with Crippen molar-refractivity contribution in [1.29, 1.82) is 0 Å². The highest BCUT2D eigenvalue weighted by Gasteiger charge is 2.38. The van der Waals surface area contributed by atoms with E-state index in [1.54, 1.807) is 12.1 Å². The lowest BCUT2D eigenvalue weighted by molar-refractivity contribution is -0.117. The second-order valence-electron chi connectivity index (χ2n) is 5.29. The second-order valence-corrected chi connectivity index (χ2v) is 7.86. The molecule has 114 valence electrons.